The molecule has 4 heteroatoms. The monoisotopic (exact) mass is 272 g/mol. The second-order valence-corrected chi connectivity index (χ2v) is 5.17. The molecule has 0 aliphatic heterocycles. The van der Waals surface area contributed by atoms with E-state index in [-0.39, 0.29) is 0 Å². The molecule has 1 aromatic heterocycles. The number of nitrogens with one attached hydrogen (secondary N) is 1. The third-order valence-electron chi connectivity index (χ3n) is 3.87. The fourth-order valence-electron chi connectivity index (χ4n) is 2.39. The fourth-order valence-corrected chi connectivity index (χ4v) is 2.39. The molecule has 2 aromatic rings. The number of hydrogen-bond donors (Lipinski definition) is 1. The first-order valence-electron chi connectivity index (χ1n) is 7.07. The van der Waals surface area contributed by atoms with Gasteiger partial charge in [0.2, 0.25) is 0 Å². The van der Waals surface area contributed by atoms with Crippen LogP contribution < -0.4 is 10.1 Å². The minimum absolute atomic E-state index is 0.436. The Morgan fingerprint density at radius 2 is 2.15 bits per heavy atom. The van der Waals surface area contributed by atoms with Crippen LogP contribution in [0.2, 0.25) is 0 Å². The van der Waals surface area contributed by atoms with Gasteiger partial charge in [-0.1, -0.05) is 0 Å². The Morgan fingerprint density at radius 1 is 1.30 bits per heavy atom. The second kappa shape index (κ2) is 5.67. The normalized spacial score (nSPS) is 15.1. The Balaban J connectivity index is 1.89. The number of pyridine rings is 1. The molecule has 0 atom stereocenters. The fraction of sp³-hybridized carbons (Fsp3) is 0.438. The minimum atomic E-state index is 0.436. The molecular weight excluding hydrogens is 252 g/mol. The lowest BCUT2D eigenvalue weighted by molar-refractivity contribution is -0.00846. The third kappa shape index (κ3) is 2.56. The van der Waals surface area contributed by atoms with Crippen LogP contribution in [0.5, 0.6) is 5.75 Å². The molecule has 3 rings (SSSR count). The predicted octanol–water partition coefficient (Wildman–Crippen LogP) is 3.35. The summed E-state index contributed by atoms with van der Waals surface area (Å²) in [5.74, 6) is 1.70. The summed E-state index contributed by atoms with van der Waals surface area (Å²) in [7, 11) is 3.56. The van der Waals surface area contributed by atoms with E-state index in [9.17, 15) is 0 Å². The first-order chi connectivity index (χ1) is 9.80. The van der Waals surface area contributed by atoms with Crippen LogP contribution in [-0.2, 0) is 11.3 Å². The minimum Gasteiger partial charge on any atom is -0.497 e. The van der Waals surface area contributed by atoms with Gasteiger partial charge in [-0.3, -0.25) is 0 Å². The lowest BCUT2D eigenvalue weighted by Gasteiger charge is -2.25. The van der Waals surface area contributed by atoms with Crippen LogP contribution in [0.1, 0.15) is 24.8 Å². The van der Waals surface area contributed by atoms with Gasteiger partial charge in [0.05, 0.1) is 25.3 Å². The number of nitrogens with zero attached hydrogens (tertiary/aromatic N) is 1. The topological polar surface area (TPSA) is 43.4 Å². The van der Waals surface area contributed by atoms with Gasteiger partial charge in [-0.05, 0) is 37.5 Å². The molecule has 1 aliphatic carbocycles. The molecule has 0 spiro atoms. The molecule has 106 valence electrons. The molecule has 0 bridgehead atoms. The lowest BCUT2D eigenvalue weighted by atomic mass is 9.96. The van der Waals surface area contributed by atoms with Gasteiger partial charge in [0.25, 0.3) is 0 Å². The van der Waals surface area contributed by atoms with Crippen molar-refractivity contribution >= 4 is 16.7 Å². The van der Waals surface area contributed by atoms with Crippen molar-refractivity contribution < 1.29 is 9.47 Å². The summed E-state index contributed by atoms with van der Waals surface area (Å²) in [6.07, 6.45) is 4.10. The van der Waals surface area contributed by atoms with Gasteiger partial charge >= 0.3 is 0 Å². The van der Waals surface area contributed by atoms with Gasteiger partial charge in [0.1, 0.15) is 11.6 Å². The average molecular weight is 272 g/mol. The van der Waals surface area contributed by atoms with Crippen LogP contribution in [0.4, 0.5) is 5.82 Å². The molecule has 0 unspecified atom stereocenters. The zero-order chi connectivity index (χ0) is 13.9. The molecule has 1 heterocycles. The summed E-state index contributed by atoms with van der Waals surface area (Å²) in [4.78, 5) is 4.65. The molecule has 1 fully saturated rings. The van der Waals surface area contributed by atoms with Gasteiger partial charge < -0.3 is 14.8 Å². The van der Waals surface area contributed by atoms with Crippen LogP contribution in [0, 0.1) is 0 Å². The van der Waals surface area contributed by atoms with Crippen LogP contribution in [0.25, 0.3) is 10.9 Å². The van der Waals surface area contributed by atoms with E-state index >= 15 is 0 Å². The van der Waals surface area contributed by atoms with Crippen molar-refractivity contribution in [3.8, 4) is 5.75 Å². The van der Waals surface area contributed by atoms with E-state index in [4.69, 9.17) is 9.47 Å². The number of aromatic nitrogens is 1. The van der Waals surface area contributed by atoms with Crippen LogP contribution >= 0.6 is 0 Å². The van der Waals surface area contributed by atoms with Gasteiger partial charge in [-0.2, -0.15) is 0 Å². The Hall–Kier alpha value is -1.81. The Bertz CT molecular complexity index is 609. The average Bonchev–Trinajstić information content (AvgIpc) is 2.44. The van der Waals surface area contributed by atoms with Crippen LogP contribution in [0.15, 0.2) is 24.3 Å². The molecule has 0 radical (unpaired) electrons. The number of hydrogen-bond acceptors (Lipinski definition) is 4. The SMILES string of the molecule is CNc1nc2cc(OC)ccc2cc1COC1CCC1. The van der Waals surface area contributed by atoms with Gasteiger partial charge in [0, 0.05) is 24.1 Å². The molecule has 1 aliphatic rings. The number of ether oxygens (including phenoxy) is 2. The summed E-state index contributed by atoms with van der Waals surface area (Å²) >= 11 is 0. The Labute approximate surface area is 119 Å². The van der Waals surface area contributed by atoms with Gasteiger partial charge in [0.15, 0.2) is 0 Å². The van der Waals surface area contributed by atoms with Gasteiger partial charge in [-0.15, -0.1) is 0 Å². The molecule has 1 N–H and O–H groups in total. The highest BCUT2D eigenvalue weighted by Gasteiger charge is 2.18. The highest BCUT2D eigenvalue weighted by Crippen LogP contribution is 2.27. The molecule has 1 aromatic carbocycles. The van der Waals surface area contributed by atoms with Crippen LogP contribution in [0.3, 0.4) is 0 Å². The maximum Gasteiger partial charge on any atom is 0.131 e. The molecule has 0 saturated heterocycles. The van der Waals surface area contributed by atoms with E-state index in [1.807, 2.05) is 25.2 Å². The largest absolute Gasteiger partial charge is 0.497 e. The van der Waals surface area contributed by atoms with Crippen molar-refractivity contribution in [3.05, 3.63) is 29.8 Å². The maximum atomic E-state index is 5.90. The zero-order valence-electron chi connectivity index (χ0n) is 12.0. The highest BCUT2D eigenvalue weighted by atomic mass is 16.5. The van der Waals surface area contributed by atoms with Crippen molar-refractivity contribution in [2.45, 2.75) is 32.0 Å². The van der Waals surface area contributed by atoms with Crippen molar-refractivity contribution in [2.24, 2.45) is 0 Å². The van der Waals surface area contributed by atoms with E-state index < -0.39 is 0 Å². The molecular formula is C16H20N2O2. The number of anilines is 1. The van der Waals surface area contributed by atoms with Crippen LogP contribution in [-0.4, -0.2) is 25.2 Å². The molecule has 0 amide bonds. The summed E-state index contributed by atoms with van der Waals surface area (Å²) in [6.45, 7) is 0.621. The summed E-state index contributed by atoms with van der Waals surface area (Å²) in [6, 6.07) is 8.09. The number of fused-ring (bicyclic) bond motifs is 1. The van der Waals surface area contributed by atoms with E-state index in [0.29, 0.717) is 12.7 Å². The number of rotatable bonds is 5. The maximum absolute atomic E-state index is 5.90. The number of benzene rings is 1. The predicted molar refractivity (Wildman–Crippen MR) is 80.3 cm³/mol. The first-order valence-corrected chi connectivity index (χ1v) is 7.07. The van der Waals surface area contributed by atoms with Crippen molar-refractivity contribution in [2.75, 3.05) is 19.5 Å². The first kappa shape index (κ1) is 13.2. The van der Waals surface area contributed by atoms with E-state index in [1.54, 1.807) is 7.11 Å². The number of methoxy groups -OCH3 is 1. The van der Waals surface area contributed by atoms with Crippen molar-refractivity contribution in [1.82, 2.24) is 4.98 Å². The summed E-state index contributed by atoms with van der Waals surface area (Å²) in [5, 5.41) is 4.26. The molecule has 4 nitrogen and oxygen atoms in total. The van der Waals surface area contributed by atoms with E-state index in [2.05, 4.69) is 16.4 Å². The summed E-state index contributed by atoms with van der Waals surface area (Å²) < 4.78 is 11.1. The molecule has 20 heavy (non-hydrogen) atoms. The standard InChI is InChI=1S/C16H20N2O2/c1-17-16-12(10-20-13-4-3-5-13)8-11-6-7-14(19-2)9-15(11)18-16/h6-9,13H,3-5,10H2,1-2H3,(H,17,18). The van der Waals surface area contributed by atoms with E-state index in [0.717, 1.165) is 28.0 Å². The molecule has 1 saturated carbocycles. The van der Waals surface area contributed by atoms with E-state index in [1.165, 1.54) is 19.3 Å². The highest BCUT2D eigenvalue weighted by molar-refractivity contribution is 5.83. The Kier molecular flexibility index (Phi) is 3.74. The van der Waals surface area contributed by atoms with Gasteiger partial charge in [-0.25, -0.2) is 4.98 Å². The second-order valence-electron chi connectivity index (χ2n) is 5.17. The smallest absolute Gasteiger partial charge is 0.131 e. The summed E-state index contributed by atoms with van der Waals surface area (Å²) in [5.41, 5.74) is 2.04. The quantitative estimate of drug-likeness (QED) is 0.906. The van der Waals surface area contributed by atoms with Crippen molar-refractivity contribution in [3.63, 3.8) is 0 Å². The van der Waals surface area contributed by atoms with Crippen molar-refractivity contribution in [1.29, 1.82) is 0 Å². The zero-order valence-corrected chi connectivity index (χ0v) is 12.0. The lowest BCUT2D eigenvalue weighted by Crippen LogP contribution is -2.21. The Morgan fingerprint density at radius 3 is 2.80 bits per heavy atom. The third-order valence-corrected chi connectivity index (χ3v) is 3.87.